The Morgan fingerprint density at radius 2 is 1.79 bits per heavy atom. The number of ether oxygens (including phenoxy) is 3. The zero-order chi connectivity index (χ0) is 14.3. The maximum absolute atomic E-state index is 11.8. The van der Waals surface area contributed by atoms with E-state index < -0.39 is 0 Å². The van der Waals surface area contributed by atoms with Gasteiger partial charge in [0, 0.05) is 24.5 Å². The lowest BCUT2D eigenvalue weighted by atomic mass is 10.0. The Hall–Kier alpha value is -2.04. The smallest absolute Gasteiger partial charge is 0.305 e. The maximum Gasteiger partial charge on any atom is 0.305 e. The minimum absolute atomic E-state index is 0.0335. The highest BCUT2D eigenvalue weighted by atomic mass is 16.5. The van der Waals surface area contributed by atoms with Gasteiger partial charge in [-0.05, 0) is 6.07 Å². The van der Waals surface area contributed by atoms with E-state index in [2.05, 4.69) is 4.74 Å². The van der Waals surface area contributed by atoms with E-state index in [-0.39, 0.29) is 31.0 Å². The summed E-state index contributed by atoms with van der Waals surface area (Å²) in [6.45, 7) is 0. The van der Waals surface area contributed by atoms with E-state index in [0.717, 1.165) is 5.56 Å². The van der Waals surface area contributed by atoms with Crippen LogP contribution in [0.3, 0.4) is 0 Å². The Balaban J connectivity index is 2.65. The van der Waals surface area contributed by atoms with Crippen molar-refractivity contribution in [2.24, 2.45) is 0 Å². The third-order valence-corrected chi connectivity index (χ3v) is 2.72. The van der Waals surface area contributed by atoms with Gasteiger partial charge >= 0.3 is 5.97 Å². The number of carbonyl (C=O) groups is 2. The number of hydrogen-bond donors (Lipinski definition) is 0. The van der Waals surface area contributed by atoms with Crippen LogP contribution in [-0.4, -0.2) is 33.1 Å². The lowest BCUT2D eigenvalue weighted by Gasteiger charge is -2.09. The molecule has 0 spiro atoms. The molecule has 0 aliphatic heterocycles. The minimum Gasteiger partial charge on any atom is -0.497 e. The summed E-state index contributed by atoms with van der Waals surface area (Å²) in [4.78, 5) is 22.7. The number of carbonyl (C=O) groups excluding carboxylic acids is 2. The third kappa shape index (κ3) is 4.62. The van der Waals surface area contributed by atoms with Gasteiger partial charge in [-0.2, -0.15) is 0 Å². The van der Waals surface area contributed by atoms with E-state index in [1.54, 1.807) is 25.3 Å². The van der Waals surface area contributed by atoms with E-state index in [0.29, 0.717) is 11.5 Å². The molecule has 0 aliphatic rings. The zero-order valence-electron chi connectivity index (χ0n) is 11.4. The van der Waals surface area contributed by atoms with Crippen molar-refractivity contribution in [3.05, 3.63) is 23.8 Å². The van der Waals surface area contributed by atoms with E-state index in [1.165, 1.54) is 14.2 Å². The molecule has 0 saturated carbocycles. The maximum atomic E-state index is 11.8. The summed E-state index contributed by atoms with van der Waals surface area (Å²) < 4.78 is 14.8. The third-order valence-electron chi connectivity index (χ3n) is 2.72. The Morgan fingerprint density at radius 3 is 2.37 bits per heavy atom. The van der Waals surface area contributed by atoms with Crippen LogP contribution in [0, 0.1) is 0 Å². The molecule has 0 bridgehead atoms. The van der Waals surface area contributed by atoms with Crippen molar-refractivity contribution in [2.75, 3.05) is 21.3 Å². The van der Waals surface area contributed by atoms with Crippen LogP contribution < -0.4 is 9.47 Å². The predicted octanol–water partition coefficient (Wildman–Crippen LogP) is 1.77. The number of rotatable bonds is 7. The van der Waals surface area contributed by atoms with Crippen LogP contribution in [0.1, 0.15) is 18.4 Å². The molecule has 1 aromatic rings. The molecule has 1 aromatic carbocycles. The van der Waals surface area contributed by atoms with Crippen LogP contribution in [0.4, 0.5) is 0 Å². The largest absolute Gasteiger partial charge is 0.497 e. The van der Waals surface area contributed by atoms with Gasteiger partial charge in [-0.3, -0.25) is 9.59 Å². The Labute approximate surface area is 112 Å². The van der Waals surface area contributed by atoms with Gasteiger partial charge < -0.3 is 14.2 Å². The number of benzene rings is 1. The Morgan fingerprint density at radius 1 is 1.05 bits per heavy atom. The highest BCUT2D eigenvalue weighted by Gasteiger charge is 2.12. The van der Waals surface area contributed by atoms with Crippen LogP contribution >= 0.6 is 0 Å². The topological polar surface area (TPSA) is 61.8 Å². The summed E-state index contributed by atoms with van der Waals surface area (Å²) in [7, 11) is 4.41. The van der Waals surface area contributed by atoms with Crippen LogP contribution in [0.5, 0.6) is 11.5 Å². The fourth-order valence-corrected chi connectivity index (χ4v) is 1.64. The van der Waals surface area contributed by atoms with Gasteiger partial charge in [0.05, 0.1) is 27.8 Å². The molecule has 5 nitrogen and oxygen atoms in total. The Bertz CT molecular complexity index is 453. The number of Topliss-reactive ketones (excluding diaryl/α,β-unsaturated/α-hetero) is 1. The molecule has 1 rings (SSSR count). The molecule has 0 radical (unpaired) electrons. The molecule has 0 heterocycles. The lowest BCUT2D eigenvalue weighted by Crippen LogP contribution is -2.08. The van der Waals surface area contributed by atoms with E-state index in [9.17, 15) is 9.59 Å². The van der Waals surface area contributed by atoms with Gasteiger partial charge in [-0.25, -0.2) is 0 Å². The molecule has 19 heavy (non-hydrogen) atoms. The number of ketones is 1. The zero-order valence-corrected chi connectivity index (χ0v) is 11.4. The molecule has 0 aliphatic carbocycles. The first-order valence-corrected chi connectivity index (χ1v) is 5.90. The van der Waals surface area contributed by atoms with Crippen LogP contribution in [-0.2, 0) is 20.7 Å². The summed E-state index contributed by atoms with van der Waals surface area (Å²) in [6.07, 6.45) is 0.500. The molecule has 104 valence electrons. The Kier molecular flexibility index (Phi) is 5.85. The standard InChI is InChI=1S/C14H18O5/c1-17-12-6-4-10(13(9-12)18-2)8-11(15)5-7-14(16)19-3/h4,6,9H,5,7-8H2,1-3H3. The molecule has 5 heteroatoms. The van der Waals surface area contributed by atoms with Crippen molar-refractivity contribution >= 4 is 11.8 Å². The van der Waals surface area contributed by atoms with Gasteiger partial charge in [0.15, 0.2) is 0 Å². The number of hydrogen-bond acceptors (Lipinski definition) is 5. The van der Waals surface area contributed by atoms with Crippen molar-refractivity contribution in [3.63, 3.8) is 0 Å². The van der Waals surface area contributed by atoms with Crippen molar-refractivity contribution in [2.45, 2.75) is 19.3 Å². The number of methoxy groups -OCH3 is 3. The molecule has 0 amide bonds. The average Bonchev–Trinajstić information content (AvgIpc) is 2.45. The average molecular weight is 266 g/mol. The summed E-state index contributed by atoms with van der Waals surface area (Å²) >= 11 is 0. The van der Waals surface area contributed by atoms with E-state index in [4.69, 9.17) is 9.47 Å². The molecule has 0 N–H and O–H groups in total. The molecule has 0 unspecified atom stereocenters. The second-order valence-electron chi connectivity index (χ2n) is 3.97. The van der Waals surface area contributed by atoms with Crippen LogP contribution in [0.15, 0.2) is 18.2 Å². The van der Waals surface area contributed by atoms with Gasteiger partial charge in [-0.1, -0.05) is 6.07 Å². The quantitative estimate of drug-likeness (QED) is 0.704. The lowest BCUT2D eigenvalue weighted by molar-refractivity contribution is -0.141. The van der Waals surface area contributed by atoms with Gasteiger partial charge in [-0.15, -0.1) is 0 Å². The summed E-state index contributed by atoms with van der Waals surface area (Å²) in [6, 6.07) is 5.28. The van der Waals surface area contributed by atoms with E-state index >= 15 is 0 Å². The highest BCUT2D eigenvalue weighted by Crippen LogP contribution is 2.25. The molecule has 0 atom stereocenters. The molecular weight excluding hydrogens is 248 g/mol. The van der Waals surface area contributed by atoms with Crippen molar-refractivity contribution < 1.29 is 23.8 Å². The molecule has 0 saturated heterocycles. The van der Waals surface area contributed by atoms with Crippen LogP contribution in [0.25, 0.3) is 0 Å². The second-order valence-corrected chi connectivity index (χ2v) is 3.97. The van der Waals surface area contributed by atoms with Crippen LogP contribution in [0.2, 0.25) is 0 Å². The first-order valence-electron chi connectivity index (χ1n) is 5.90. The summed E-state index contributed by atoms with van der Waals surface area (Å²) in [5.74, 6) is 0.859. The number of esters is 1. The molecule has 0 fully saturated rings. The first-order chi connectivity index (χ1) is 9.10. The van der Waals surface area contributed by atoms with Gasteiger partial charge in [0.2, 0.25) is 0 Å². The van der Waals surface area contributed by atoms with Crippen molar-refractivity contribution in [1.29, 1.82) is 0 Å². The van der Waals surface area contributed by atoms with Crippen molar-refractivity contribution in [1.82, 2.24) is 0 Å². The molecule has 0 aromatic heterocycles. The summed E-state index contributed by atoms with van der Waals surface area (Å²) in [5, 5.41) is 0. The minimum atomic E-state index is -0.380. The monoisotopic (exact) mass is 266 g/mol. The normalized spacial score (nSPS) is 9.84. The van der Waals surface area contributed by atoms with Gasteiger partial charge in [0.25, 0.3) is 0 Å². The summed E-state index contributed by atoms with van der Waals surface area (Å²) in [5.41, 5.74) is 0.776. The fraction of sp³-hybridized carbons (Fsp3) is 0.429. The van der Waals surface area contributed by atoms with Gasteiger partial charge in [0.1, 0.15) is 17.3 Å². The first kappa shape index (κ1) is 15.0. The van der Waals surface area contributed by atoms with E-state index in [1.807, 2.05) is 0 Å². The fourth-order valence-electron chi connectivity index (χ4n) is 1.64. The second kappa shape index (κ2) is 7.41. The predicted molar refractivity (Wildman–Crippen MR) is 69.5 cm³/mol. The highest BCUT2D eigenvalue weighted by molar-refractivity contribution is 5.85. The van der Waals surface area contributed by atoms with Crippen molar-refractivity contribution in [3.8, 4) is 11.5 Å². The molecular formula is C14H18O5. The SMILES string of the molecule is COC(=O)CCC(=O)Cc1ccc(OC)cc1OC.